The van der Waals surface area contributed by atoms with Gasteiger partial charge in [-0.15, -0.1) is 0 Å². The van der Waals surface area contributed by atoms with Crippen LogP contribution in [0.1, 0.15) is 0 Å². The number of imidazole rings is 1. The highest BCUT2D eigenvalue weighted by atomic mass is 15.1. The number of rotatable bonds is 6. The fraction of sp³-hybridized carbons (Fsp3) is 0. The average Bonchev–Trinajstić information content (AvgIpc) is 3.49. The fourth-order valence-electron chi connectivity index (χ4n) is 6.72. The molecule has 8 rings (SSSR count). The first-order chi connectivity index (χ1) is 22.2. The van der Waals surface area contributed by atoms with E-state index in [4.69, 9.17) is 4.98 Å². The molecule has 0 aliphatic rings. The second kappa shape index (κ2) is 10.9. The first kappa shape index (κ1) is 26.6. The van der Waals surface area contributed by atoms with Crippen LogP contribution in [-0.4, -0.2) is 9.55 Å². The molecule has 0 radical (unpaired) electrons. The van der Waals surface area contributed by atoms with Crippen LogP contribution in [0.5, 0.6) is 0 Å². The predicted octanol–water partition coefficient (Wildman–Crippen LogP) is 11.7. The third kappa shape index (κ3) is 4.39. The number of nitrogens with zero attached hydrogens (tertiary/aromatic N) is 2. The summed E-state index contributed by atoms with van der Waals surface area (Å²) in [6.07, 6.45) is 5.61. The number of fused-ring (bicyclic) bond motifs is 4. The zero-order valence-corrected chi connectivity index (χ0v) is 24.8. The monoisotopic (exact) mass is 574 g/mol. The molecule has 212 valence electrons. The van der Waals surface area contributed by atoms with Crippen molar-refractivity contribution >= 4 is 49.0 Å². The quantitative estimate of drug-likeness (QED) is 0.143. The molecule has 45 heavy (non-hydrogen) atoms. The molecular formula is C43H30N2. The lowest BCUT2D eigenvalue weighted by atomic mass is 9.85. The molecule has 0 aliphatic carbocycles. The Bertz CT molecular complexity index is 2400. The van der Waals surface area contributed by atoms with Gasteiger partial charge in [-0.05, 0) is 84.9 Å². The van der Waals surface area contributed by atoms with Crippen molar-refractivity contribution in [2.24, 2.45) is 0 Å². The standard InChI is InChI=1S/C43H30N2/c1-3-13-34(4-2)45-40-21-12-11-20-39(40)44-43(45)31-25-23-30(24-26-31)41-35-16-7-9-18-37(35)42(38-19-10-8-17-36(38)41)33-27-22-29-14-5-6-15-32(29)28-33/h3-28H,1-2H2/b34-13+. The summed E-state index contributed by atoms with van der Waals surface area (Å²) in [6, 6.07) is 50.0. The van der Waals surface area contributed by atoms with Gasteiger partial charge in [-0.1, -0.05) is 141 Å². The highest BCUT2D eigenvalue weighted by Gasteiger charge is 2.18. The van der Waals surface area contributed by atoms with Crippen LogP contribution in [0, 0.1) is 0 Å². The topological polar surface area (TPSA) is 17.8 Å². The normalized spacial score (nSPS) is 11.9. The van der Waals surface area contributed by atoms with Crippen LogP contribution in [-0.2, 0) is 0 Å². The summed E-state index contributed by atoms with van der Waals surface area (Å²) in [5.41, 5.74) is 8.85. The molecular weight excluding hydrogens is 544 g/mol. The summed E-state index contributed by atoms with van der Waals surface area (Å²) in [6.45, 7) is 7.98. The van der Waals surface area contributed by atoms with Crippen molar-refractivity contribution in [3.8, 4) is 33.6 Å². The predicted molar refractivity (Wildman–Crippen MR) is 193 cm³/mol. The van der Waals surface area contributed by atoms with E-state index in [2.05, 4.69) is 139 Å². The second-order valence-electron chi connectivity index (χ2n) is 11.3. The molecule has 0 fully saturated rings. The van der Waals surface area contributed by atoms with E-state index in [1.165, 1.54) is 54.6 Å². The van der Waals surface area contributed by atoms with Crippen molar-refractivity contribution in [1.29, 1.82) is 0 Å². The zero-order chi connectivity index (χ0) is 30.3. The van der Waals surface area contributed by atoms with Crippen molar-refractivity contribution in [2.45, 2.75) is 0 Å². The highest BCUT2D eigenvalue weighted by molar-refractivity contribution is 6.21. The number of benzene rings is 7. The molecule has 0 amide bonds. The minimum Gasteiger partial charge on any atom is -0.292 e. The first-order valence-corrected chi connectivity index (χ1v) is 15.2. The molecule has 2 nitrogen and oxygen atoms in total. The minimum absolute atomic E-state index is 0.872. The summed E-state index contributed by atoms with van der Waals surface area (Å²) in [5.74, 6) is 0.872. The van der Waals surface area contributed by atoms with Crippen LogP contribution >= 0.6 is 0 Å². The van der Waals surface area contributed by atoms with Crippen molar-refractivity contribution in [2.75, 3.05) is 0 Å². The summed E-state index contributed by atoms with van der Waals surface area (Å²) in [5, 5.41) is 7.47. The molecule has 0 atom stereocenters. The summed E-state index contributed by atoms with van der Waals surface area (Å²) >= 11 is 0. The molecule has 0 aliphatic heterocycles. The lowest BCUT2D eigenvalue weighted by Gasteiger charge is -2.18. The SMILES string of the molecule is C=C/C=C(\C=C)n1c(-c2ccc(-c3c4ccccc4c(-c4ccc5ccccc5c4)c4ccccc34)cc2)nc2ccccc21. The van der Waals surface area contributed by atoms with Crippen LogP contribution in [0.15, 0.2) is 171 Å². The number of aromatic nitrogens is 2. The molecule has 8 aromatic rings. The second-order valence-corrected chi connectivity index (χ2v) is 11.3. The van der Waals surface area contributed by atoms with E-state index in [9.17, 15) is 0 Å². The smallest absolute Gasteiger partial charge is 0.145 e. The lowest BCUT2D eigenvalue weighted by Crippen LogP contribution is -1.98. The maximum atomic E-state index is 5.04. The lowest BCUT2D eigenvalue weighted by molar-refractivity contribution is 1.15. The zero-order valence-electron chi connectivity index (χ0n) is 24.8. The van der Waals surface area contributed by atoms with Crippen LogP contribution < -0.4 is 0 Å². The average molecular weight is 575 g/mol. The number of para-hydroxylation sites is 2. The first-order valence-electron chi connectivity index (χ1n) is 15.2. The van der Waals surface area contributed by atoms with E-state index in [0.29, 0.717) is 0 Å². The van der Waals surface area contributed by atoms with Gasteiger partial charge >= 0.3 is 0 Å². The molecule has 0 bridgehead atoms. The Morgan fingerprint density at radius 2 is 1.07 bits per heavy atom. The summed E-state index contributed by atoms with van der Waals surface area (Å²) in [7, 11) is 0. The largest absolute Gasteiger partial charge is 0.292 e. The van der Waals surface area contributed by atoms with Gasteiger partial charge in [-0.2, -0.15) is 0 Å². The molecule has 0 N–H and O–H groups in total. The van der Waals surface area contributed by atoms with E-state index in [1.54, 1.807) is 6.08 Å². The van der Waals surface area contributed by atoms with E-state index in [-0.39, 0.29) is 0 Å². The molecule has 0 saturated carbocycles. The summed E-state index contributed by atoms with van der Waals surface area (Å²) < 4.78 is 2.15. The van der Waals surface area contributed by atoms with Gasteiger partial charge in [0.1, 0.15) is 5.82 Å². The number of hydrogen-bond acceptors (Lipinski definition) is 1. The molecule has 1 aromatic heterocycles. The van der Waals surface area contributed by atoms with E-state index in [1.807, 2.05) is 30.4 Å². The van der Waals surface area contributed by atoms with Gasteiger partial charge in [0.2, 0.25) is 0 Å². The van der Waals surface area contributed by atoms with Gasteiger partial charge < -0.3 is 0 Å². The molecule has 7 aromatic carbocycles. The van der Waals surface area contributed by atoms with Crippen molar-refractivity contribution in [3.63, 3.8) is 0 Å². The third-order valence-corrected chi connectivity index (χ3v) is 8.72. The van der Waals surface area contributed by atoms with Crippen molar-refractivity contribution in [3.05, 3.63) is 171 Å². The van der Waals surface area contributed by atoms with Gasteiger partial charge in [-0.25, -0.2) is 4.98 Å². The van der Waals surface area contributed by atoms with Crippen LogP contribution in [0.25, 0.3) is 82.7 Å². The fourth-order valence-corrected chi connectivity index (χ4v) is 6.72. The van der Waals surface area contributed by atoms with E-state index < -0.39 is 0 Å². The van der Waals surface area contributed by atoms with Crippen molar-refractivity contribution in [1.82, 2.24) is 9.55 Å². The van der Waals surface area contributed by atoms with Crippen LogP contribution in [0.3, 0.4) is 0 Å². The number of allylic oxidation sites excluding steroid dienone is 4. The molecule has 2 heteroatoms. The Morgan fingerprint density at radius 1 is 0.533 bits per heavy atom. The molecule has 0 unspecified atom stereocenters. The van der Waals surface area contributed by atoms with Gasteiger partial charge in [0.25, 0.3) is 0 Å². The maximum Gasteiger partial charge on any atom is 0.145 e. The van der Waals surface area contributed by atoms with E-state index in [0.717, 1.165) is 28.1 Å². The van der Waals surface area contributed by atoms with Gasteiger partial charge in [0.05, 0.1) is 11.0 Å². The Labute approximate surface area is 262 Å². The third-order valence-electron chi connectivity index (χ3n) is 8.72. The van der Waals surface area contributed by atoms with Crippen LogP contribution in [0.4, 0.5) is 0 Å². The molecule has 0 spiro atoms. The van der Waals surface area contributed by atoms with Gasteiger partial charge in [-0.3, -0.25) is 4.57 Å². The van der Waals surface area contributed by atoms with E-state index >= 15 is 0 Å². The maximum absolute atomic E-state index is 5.04. The Balaban J connectivity index is 1.34. The van der Waals surface area contributed by atoms with Crippen LogP contribution in [0.2, 0.25) is 0 Å². The molecule has 0 saturated heterocycles. The Morgan fingerprint density at radius 3 is 1.71 bits per heavy atom. The number of hydrogen-bond donors (Lipinski definition) is 0. The van der Waals surface area contributed by atoms with Crippen molar-refractivity contribution < 1.29 is 0 Å². The van der Waals surface area contributed by atoms with Gasteiger partial charge in [0, 0.05) is 11.3 Å². The minimum atomic E-state index is 0.872. The van der Waals surface area contributed by atoms with Gasteiger partial charge in [0.15, 0.2) is 0 Å². The Hall–Kier alpha value is -5.99. The summed E-state index contributed by atoms with van der Waals surface area (Å²) in [4.78, 5) is 5.04. The molecule has 1 heterocycles. The Kier molecular flexibility index (Phi) is 6.47. The highest BCUT2D eigenvalue weighted by Crippen LogP contribution is 2.44.